The van der Waals surface area contributed by atoms with E-state index in [2.05, 4.69) is 0 Å². The standard InChI is InChI=1S/C11H13F3O/c1-2-3-4-10(15)7-5-8(12)11(14)9(13)6-7/h5-6,10,15H,2-4H2,1H3. The lowest BCUT2D eigenvalue weighted by Gasteiger charge is -2.10. The Morgan fingerprint density at radius 2 is 1.73 bits per heavy atom. The van der Waals surface area contributed by atoms with Crippen molar-refractivity contribution in [1.82, 2.24) is 0 Å². The van der Waals surface area contributed by atoms with Gasteiger partial charge in [0, 0.05) is 0 Å². The Balaban J connectivity index is 2.86. The zero-order valence-corrected chi connectivity index (χ0v) is 8.43. The van der Waals surface area contributed by atoms with Gasteiger partial charge in [-0.15, -0.1) is 0 Å². The summed E-state index contributed by atoms with van der Waals surface area (Å²) < 4.78 is 38.2. The van der Waals surface area contributed by atoms with Gasteiger partial charge < -0.3 is 5.11 Å². The third-order valence-electron chi connectivity index (χ3n) is 2.22. The topological polar surface area (TPSA) is 20.2 Å². The van der Waals surface area contributed by atoms with Crippen molar-refractivity contribution in [2.75, 3.05) is 0 Å². The third kappa shape index (κ3) is 2.96. The van der Waals surface area contributed by atoms with Crippen LogP contribution in [0.5, 0.6) is 0 Å². The monoisotopic (exact) mass is 218 g/mol. The van der Waals surface area contributed by atoms with Crippen molar-refractivity contribution in [1.29, 1.82) is 0 Å². The number of aliphatic hydroxyl groups excluding tert-OH is 1. The SMILES string of the molecule is CCCCC(O)c1cc(F)c(F)c(F)c1. The molecule has 0 aromatic heterocycles. The first-order valence-corrected chi connectivity index (χ1v) is 4.88. The van der Waals surface area contributed by atoms with Crippen molar-refractivity contribution >= 4 is 0 Å². The summed E-state index contributed by atoms with van der Waals surface area (Å²) in [6, 6.07) is 1.66. The Morgan fingerprint density at radius 3 is 2.20 bits per heavy atom. The average Bonchev–Trinajstić information content (AvgIpc) is 2.21. The molecule has 0 fully saturated rings. The quantitative estimate of drug-likeness (QED) is 0.768. The Labute approximate surface area is 86.5 Å². The van der Waals surface area contributed by atoms with Crippen molar-refractivity contribution in [3.05, 3.63) is 35.1 Å². The molecule has 1 N–H and O–H groups in total. The van der Waals surface area contributed by atoms with Crippen LogP contribution in [0.3, 0.4) is 0 Å². The van der Waals surface area contributed by atoms with Crippen LogP contribution in [0, 0.1) is 17.5 Å². The molecule has 1 atom stereocenters. The average molecular weight is 218 g/mol. The van der Waals surface area contributed by atoms with Crippen LogP contribution >= 0.6 is 0 Å². The van der Waals surface area contributed by atoms with Gasteiger partial charge in [-0.3, -0.25) is 0 Å². The Bertz CT molecular complexity index is 316. The molecule has 0 radical (unpaired) electrons. The molecule has 1 aromatic rings. The van der Waals surface area contributed by atoms with Crippen LogP contribution in [0.2, 0.25) is 0 Å². The lowest BCUT2D eigenvalue weighted by Crippen LogP contribution is -2.01. The van der Waals surface area contributed by atoms with Crippen molar-refractivity contribution in [2.24, 2.45) is 0 Å². The van der Waals surface area contributed by atoms with Gasteiger partial charge in [-0.1, -0.05) is 19.8 Å². The Hall–Kier alpha value is -1.03. The van der Waals surface area contributed by atoms with Crippen LogP contribution < -0.4 is 0 Å². The van der Waals surface area contributed by atoms with Gasteiger partial charge in [0.25, 0.3) is 0 Å². The second kappa shape index (κ2) is 5.16. The molecule has 15 heavy (non-hydrogen) atoms. The molecular weight excluding hydrogens is 205 g/mol. The summed E-state index contributed by atoms with van der Waals surface area (Å²) >= 11 is 0. The smallest absolute Gasteiger partial charge is 0.194 e. The van der Waals surface area contributed by atoms with Gasteiger partial charge in [-0.25, -0.2) is 13.2 Å². The highest BCUT2D eigenvalue weighted by Gasteiger charge is 2.14. The highest BCUT2D eigenvalue weighted by Crippen LogP contribution is 2.22. The van der Waals surface area contributed by atoms with Crippen LogP contribution in [-0.2, 0) is 0 Å². The minimum atomic E-state index is -1.50. The number of rotatable bonds is 4. The van der Waals surface area contributed by atoms with E-state index in [0.717, 1.165) is 25.0 Å². The van der Waals surface area contributed by atoms with E-state index in [9.17, 15) is 18.3 Å². The molecule has 0 amide bonds. The van der Waals surface area contributed by atoms with E-state index in [-0.39, 0.29) is 5.56 Å². The lowest BCUT2D eigenvalue weighted by atomic mass is 10.0. The second-order valence-electron chi connectivity index (χ2n) is 3.46. The molecule has 84 valence electrons. The molecule has 1 unspecified atom stereocenters. The zero-order valence-electron chi connectivity index (χ0n) is 8.43. The summed E-state index contributed by atoms with van der Waals surface area (Å²) in [5, 5.41) is 9.54. The highest BCUT2D eigenvalue weighted by molar-refractivity contribution is 5.21. The zero-order chi connectivity index (χ0) is 11.4. The van der Waals surface area contributed by atoms with Crippen LogP contribution in [0.1, 0.15) is 37.9 Å². The van der Waals surface area contributed by atoms with Crippen molar-refractivity contribution < 1.29 is 18.3 Å². The van der Waals surface area contributed by atoms with Gasteiger partial charge in [-0.05, 0) is 24.1 Å². The fourth-order valence-corrected chi connectivity index (χ4v) is 1.33. The lowest BCUT2D eigenvalue weighted by molar-refractivity contribution is 0.163. The summed E-state index contributed by atoms with van der Waals surface area (Å²) in [7, 11) is 0. The minimum absolute atomic E-state index is 0.0832. The first-order chi connectivity index (χ1) is 7.06. The third-order valence-corrected chi connectivity index (χ3v) is 2.22. The largest absolute Gasteiger partial charge is 0.388 e. The number of aliphatic hydroxyl groups is 1. The molecule has 4 heteroatoms. The summed E-state index contributed by atoms with van der Waals surface area (Å²) in [6.07, 6.45) is 1.11. The molecule has 1 aromatic carbocycles. The first kappa shape index (κ1) is 12.0. The maximum absolute atomic E-state index is 12.8. The van der Waals surface area contributed by atoms with Crippen LogP contribution in [-0.4, -0.2) is 5.11 Å². The van der Waals surface area contributed by atoms with E-state index in [1.807, 2.05) is 6.92 Å². The molecule has 0 aliphatic carbocycles. The summed E-state index contributed by atoms with van der Waals surface area (Å²) in [5.74, 6) is -4.03. The van der Waals surface area contributed by atoms with E-state index in [0.29, 0.717) is 6.42 Å². The van der Waals surface area contributed by atoms with Gasteiger partial charge in [-0.2, -0.15) is 0 Å². The van der Waals surface area contributed by atoms with Gasteiger partial charge in [0.1, 0.15) is 0 Å². The fraction of sp³-hybridized carbons (Fsp3) is 0.455. The molecule has 1 nitrogen and oxygen atoms in total. The van der Waals surface area contributed by atoms with E-state index in [1.54, 1.807) is 0 Å². The maximum Gasteiger partial charge on any atom is 0.194 e. The molecule has 0 saturated carbocycles. The van der Waals surface area contributed by atoms with E-state index in [1.165, 1.54) is 0 Å². The second-order valence-corrected chi connectivity index (χ2v) is 3.46. The molecule has 0 saturated heterocycles. The van der Waals surface area contributed by atoms with Gasteiger partial charge in [0.2, 0.25) is 0 Å². The molecule has 0 aliphatic heterocycles. The number of hydrogen-bond acceptors (Lipinski definition) is 1. The van der Waals surface area contributed by atoms with E-state index < -0.39 is 23.6 Å². The van der Waals surface area contributed by atoms with E-state index in [4.69, 9.17) is 0 Å². The van der Waals surface area contributed by atoms with E-state index >= 15 is 0 Å². The Kier molecular flexibility index (Phi) is 4.15. The molecule has 0 heterocycles. The highest BCUT2D eigenvalue weighted by atomic mass is 19.2. The normalized spacial score (nSPS) is 12.9. The predicted octanol–water partition coefficient (Wildman–Crippen LogP) is 3.33. The molecular formula is C11H13F3O. The summed E-state index contributed by atoms with van der Waals surface area (Å²) in [5.41, 5.74) is 0.0832. The summed E-state index contributed by atoms with van der Waals surface area (Å²) in [4.78, 5) is 0. The van der Waals surface area contributed by atoms with Crippen LogP contribution in [0.15, 0.2) is 12.1 Å². The summed E-state index contributed by atoms with van der Waals surface area (Å²) in [6.45, 7) is 1.94. The van der Waals surface area contributed by atoms with Crippen LogP contribution in [0.25, 0.3) is 0 Å². The van der Waals surface area contributed by atoms with Crippen molar-refractivity contribution in [3.8, 4) is 0 Å². The van der Waals surface area contributed by atoms with Gasteiger partial charge in [0.05, 0.1) is 6.10 Å². The van der Waals surface area contributed by atoms with Crippen molar-refractivity contribution in [2.45, 2.75) is 32.3 Å². The molecule has 0 aliphatic rings. The number of hydrogen-bond donors (Lipinski definition) is 1. The maximum atomic E-state index is 12.8. The molecule has 0 spiro atoms. The number of unbranched alkanes of at least 4 members (excludes halogenated alkanes) is 1. The Morgan fingerprint density at radius 1 is 1.20 bits per heavy atom. The van der Waals surface area contributed by atoms with Crippen molar-refractivity contribution in [3.63, 3.8) is 0 Å². The fourth-order valence-electron chi connectivity index (χ4n) is 1.33. The predicted molar refractivity (Wildman–Crippen MR) is 50.8 cm³/mol. The van der Waals surface area contributed by atoms with Crippen LogP contribution in [0.4, 0.5) is 13.2 Å². The number of halogens is 3. The first-order valence-electron chi connectivity index (χ1n) is 4.88. The minimum Gasteiger partial charge on any atom is -0.388 e. The molecule has 1 rings (SSSR count). The number of benzene rings is 1. The molecule has 0 bridgehead atoms. The van der Waals surface area contributed by atoms with Gasteiger partial charge >= 0.3 is 0 Å². The van der Waals surface area contributed by atoms with Gasteiger partial charge in [0.15, 0.2) is 17.5 Å².